The summed E-state index contributed by atoms with van der Waals surface area (Å²) < 4.78 is 28.4. The Hall–Kier alpha value is -0.700. The quantitative estimate of drug-likeness (QED) is 0.559. The maximum atomic E-state index is 12.6. The summed E-state index contributed by atoms with van der Waals surface area (Å²) in [6.45, 7) is 7.54. The first-order chi connectivity index (χ1) is 9.82. The Balaban J connectivity index is 1.93. The third kappa shape index (κ3) is 3.74. The maximum Gasteiger partial charge on any atom is 0.282 e. The second-order valence-electron chi connectivity index (χ2n) is 6.16. The fourth-order valence-corrected chi connectivity index (χ4v) is 4.52. The number of nitrogens with two attached hydrogens (primary N) is 1. The Morgan fingerprint density at radius 1 is 1.10 bits per heavy atom. The lowest BCUT2D eigenvalue weighted by atomic mass is 10.0. The van der Waals surface area contributed by atoms with Crippen molar-refractivity contribution in [2.75, 3.05) is 39.3 Å². The van der Waals surface area contributed by atoms with Crippen molar-refractivity contribution in [2.24, 2.45) is 11.7 Å². The highest BCUT2D eigenvalue weighted by Gasteiger charge is 2.34. The van der Waals surface area contributed by atoms with E-state index in [1.807, 2.05) is 6.92 Å². The highest BCUT2D eigenvalue weighted by molar-refractivity contribution is 7.86. The summed E-state index contributed by atoms with van der Waals surface area (Å²) in [5.41, 5.74) is 5.52. The molecule has 2 aliphatic heterocycles. The van der Waals surface area contributed by atoms with Gasteiger partial charge in [0, 0.05) is 39.3 Å². The number of hydrogen-bond donors (Lipinski definition) is 2. The molecule has 7 nitrogen and oxygen atoms in total. The van der Waals surface area contributed by atoms with Crippen molar-refractivity contribution in [2.45, 2.75) is 32.7 Å². The number of piperidine rings is 1. The number of piperazine rings is 1. The molecule has 1 atom stereocenters. The van der Waals surface area contributed by atoms with E-state index in [0.29, 0.717) is 45.2 Å². The molecule has 21 heavy (non-hydrogen) atoms. The van der Waals surface area contributed by atoms with Gasteiger partial charge < -0.3 is 5.73 Å². The first-order valence-corrected chi connectivity index (χ1v) is 9.05. The first-order valence-electron chi connectivity index (χ1n) is 7.65. The second kappa shape index (κ2) is 6.60. The molecule has 2 rings (SSSR count). The molecule has 0 aromatic rings. The molecule has 0 saturated carbocycles. The highest BCUT2D eigenvalue weighted by Crippen LogP contribution is 2.21. The summed E-state index contributed by atoms with van der Waals surface area (Å²) >= 11 is 0. The van der Waals surface area contributed by atoms with Crippen LogP contribution in [0.3, 0.4) is 0 Å². The van der Waals surface area contributed by atoms with E-state index in [0.717, 1.165) is 12.8 Å². The predicted molar refractivity (Wildman–Crippen MR) is 83.4 cm³/mol. The summed E-state index contributed by atoms with van der Waals surface area (Å²) in [6.07, 6.45) is 1.89. The Labute approximate surface area is 127 Å². The van der Waals surface area contributed by atoms with E-state index in [9.17, 15) is 8.42 Å². The highest BCUT2D eigenvalue weighted by atomic mass is 32.2. The summed E-state index contributed by atoms with van der Waals surface area (Å²) in [7, 11) is -3.32. The molecular weight excluding hydrogens is 290 g/mol. The summed E-state index contributed by atoms with van der Waals surface area (Å²) in [5, 5.41) is 7.49. The first kappa shape index (κ1) is 16.7. The van der Waals surface area contributed by atoms with Crippen LogP contribution in [0.1, 0.15) is 26.7 Å². The molecule has 0 spiro atoms. The van der Waals surface area contributed by atoms with Crippen LogP contribution >= 0.6 is 0 Å². The predicted octanol–water partition coefficient (Wildman–Crippen LogP) is -0.0948. The number of nitrogens with one attached hydrogen (secondary N) is 1. The lowest BCUT2D eigenvalue weighted by Crippen LogP contribution is -2.57. The van der Waals surface area contributed by atoms with E-state index < -0.39 is 10.2 Å². The number of amidine groups is 1. The lowest BCUT2D eigenvalue weighted by Gasteiger charge is -2.40. The van der Waals surface area contributed by atoms with Gasteiger partial charge in [0.15, 0.2) is 0 Å². The molecule has 0 bridgehead atoms. The van der Waals surface area contributed by atoms with Gasteiger partial charge in [0.05, 0.1) is 6.04 Å². The molecular formula is C13H27N5O2S. The molecule has 2 fully saturated rings. The van der Waals surface area contributed by atoms with Crippen LogP contribution in [0.25, 0.3) is 0 Å². The van der Waals surface area contributed by atoms with Crippen LogP contribution in [0.15, 0.2) is 0 Å². The minimum Gasteiger partial charge on any atom is -0.386 e. The van der Waals surface area contributed by atoms with Crippen molar-refractivity contribution in [3.63, 3.8) is 0 Å². The third-order valence-corrected chi connectivity index (χ3v) is 6.70. The van der Waals surface area contributed by atoms with Crippen molar-refractivity contribution in [3.8, 4) is 0 Å². The molecule has 2 heterocycles. The van der Waals surface area contributed by atoms with E-state index in [4.69, 9.17) is 11.1 Å². The Morgan fingerprint density at radius 2 is 1.57 bits per heavy atom. The summed E-state index contributed by atoms with van der Waals surface area (Å²) in [6, 6.07) is -0.120. The molecule has 0 radical (unpaired) electrons. The molecule has 2 saturated heterocycles. The van der Waals surface area contributed by atoms with Crippen molar-refractivity contribution >= 4 is 16.0 Å². The zero-order chi connectivity index (χ0) is 15.6. The van der Waals surface area contributed by atoms with Crippen molar-refractivity contribution in [3.05, 3.63) is 0 Å². The molecule has 2 aliphatic rings. The molecule has 0 aromatic heterocycles. The van der Waals surface area contributed by atoms with Gasteiger partial charge in [-0.15, -0.1) is 0 Å². The Bertz CT molecular complexity index is 465. The van der Waals surface area contributed by atoms with Gasteiger partial charge in [0.1, 0.15) is 5.84 Å². The van der Waals surface area contributed by atoms with Crippen LogP contribution < -0.4 is 5.73 Å². The van der Waals surface area contributed by atoms with E-state index >= 15 is 0 Å². The van der Waals surface area contributed by atoms with Crippen LogP contribution in [0.5, 0.6) is 0 Å². The van der Waals surface area contributed by atoms with Gasteiger partial charge in [0.2, 0.25) is 0 Å². The van der Waals surface area contributed by atoms with E-state index in [1.54, 1.807) is 8.61 Å². The normalized spacial score (nSPS) is 25.8. The fourth-order valence-electron chi connectivity index (χ4n) is 2.90. The van der Waals surface area contributed by atoms with Gasteiger partial charge in [-0.1, -0.05) is 6.92 Å². The Kier molecular flexibility index (Phi) is 5.24. The van der Waals surface area contributed by atoms with Gasteiger partial charge >= 0.3 is 0 Å². The van der Waals surface area contributed by atoms with E-state index in [2.05, 4.69) is 11.8 Å². The number of rotatable bonds is 4. The summed E-state index contributed by atoms with van der Waals surface area (Å²) in [4.78, 5) is 2.06. The van der Waals surface area contributed by atoms with Gasteiger partial charge in [-0.2, -0.15) is 17.0 Å². The maximum absolute atomic E-state index is 12.6. The minimum absolute atomic E-state index is 0.120. The molecule has 8 heteroatoms. The zero-order valence-corrected chi connectivity index (χ0v) is 13.8. The molecule has 0 amide bonds. The van der Waals surface area contributed by atoms with Crippen molar-refractivity contribution in [1.82, 2.24) is 13.5 Å². The third-order valence-electron chi connectivity index (χ3n) is 4.67. The molecule has 1 unspecified atom stereocenters. The zero-order valence-electron chi connectivity index (χ0n) is 13.0. The van der Waals surface area contributed by atoms with Crippen LogP contribution in [0.2, 0.25) is 0 Å². The van der Waals surface area contributed by atoms with Gasteiger partial charge in [-0.3, -0.25) is 10.3 Å². The van der Waals surface area contributed by atoms with Crippen LogP contribution in [0.4, 0.5) is 0 Å². The van der Waals surface area contributed by atoms with Crippen molar-refractivity contribution < 1.29 is 8.42 Å². The molecule has 122 valence electrons. The van der Waals surface area contributed by atoms with Gasteiger partial charge in [0.25, 0.3) is 10.2 Å². The van der Waals surface area contributed by atoms with Gasteiger partial charge in [-0.05, 0) is 25.7 Å². The average Bonchev–Trinajstić information content (AvgIpc) is 2.47. The molecule has 0 aliphatic carbocycles. The van der Waals surface area contributed by atoms with Crippen LogP contribution in [0, 0.1) is 11.3 Å². The fraction of sp³-hybridized carbons (Fsp3) is 0.923. The van der Waals surface area contributed by atoms with E-state index in [-0.39, 0.29) is 11.9 Å². The summed E-state index contributed by atoms with van der Waals surface area (Å²) in [5.74, 6) is 0.751. The lowest BCUT2D eigenvalue weighted by molar-refractivity contribution is 0.163. The smallest absolute Gasteiger partial charge is 0.282 e. The molecule has 0 aromatic carbocycles. The van der Waals surface area contributed by atoms with E-state index in [1.165, 1.54) is 0 Å². The van der Waals surface area contributed by atoms with Crippen LogP contribution in [-0.2, 0) is 10.2 Å². The van der Waals surface area contributed by atoms with Crippen molar-refractivity contribution in [1.29, 1.82) is 5.41 Å². The minimum atomic E-state index is -3.32. The largest absolute Gasteiger partial charge is 0.386 e. The standard InChI is InChI=1S/C13H27N5O2S/c1-11-3-5-17(6-4-11)21(19,20)18-9-7-16(8-10-18)12(2)13(14)15/h11-12H,3-10H2,1-2H3,(H3,14,15). The SMILES string of the molecule is CC1CCN(S(=O)(=O)N2CCN(C(C)C(=N)N)CC2)CC1. The topological polar surface area (TPSA) is 93.7 Å². The monoisotopic (exact) mass is 317 g/mol. The number of nitrogens with zero attached hydrogens (tertiary/aromatic N) is 3. The van der Waals surface area contributed by atoms with Crippen LogP contribution in [-0.4, -0.2) is 73.1 Å². The second-order valence-corrected chi connectivity index (χ2v) is 8.08. The number of hydrogen-bond acceptors (Lipinski definition) is 4. The average molecular weight is 317 g/mol. The Morgan fingerprint density at radius 3 is 2.05 bits per heavy atom. The van der Waals surface area contributed by atoms with Gasteiger partial charge in [-0.25, -0.2) is 0 Å². The molecule has 3 N–H and O–H groups in total.